The van der Waals surface area contributed by atoms with E-state index in [1.807, 2.05) is 31.2 Å². The fourth-order valence-electron chi connectivity index (χ4n) is 2.40. The highest BCUT2D eigenvalue weighted by Crippen LogP contribution is 2.39. The molecule has 2 rings (SSSR count). The van der Waals surface area contributed by atoms with Crippen molar-refractivity contribution in [2.75, 3.05) is 6.61 Å². The molecule has 2 atom stereocenters. The molecule has 3 nitrogen and oxygen atoms in total. The molecule has 0 spiro atoms. The van der Waals surface area contributed by atoms with Crippen LogP contribution in [0.1, 0.15) is 33.6 Å². The van der Waals surface area contributed by atoms with Crippen LogP contribution in [0, 0.1) is 5.41 Å². The van der Waals surface area contributed by atoms with Crippen LogP contribution in [0.4, 0.5) is 0 Å². The quantitative estimate of drug-likeness (QED) is 0.892. The van der Waals surface area contributed by atoms with Crippen molar-refractivity contribution in [3.05, 3.63) is 24.3 Å². The Morgan fingerprint density at radius 1 is 1.22 bits per heavy atom. The molecule has 1 N–H and O–H groups in total. The molecular formula is C15H22O3. The summed E-state index contributed by atoms with van der Waals surface area (Å²) < 4.78 is 11.2. The highest BCUT2D eigenvalue weighted by atomic mass is 16.5. The summed E-state index contributed by atoms with van der Waals surface area (Å²) >= 11 is 0. The molecule has 18 heavy (non-hydrogen) atoms. The van der Waals surface area contributed by atoms with Gasteiger partial charge in [-0.3, -0.25) is 0 Å². The van der Waals surface area contributed by atoms with E-state index in [0.717, 1.165) is 24.3 Å². The summed E-state index contributed by atoms with van der Waals surface area (Å²) in [5.41, 5.74) is -0.0457. The maximum atomic E-state index is 10.2. The molecule has 1 aliphatic carbocycles. The average Bonchev–Trinajstić information content (AvgIpc) is 2.59. The van der Waals surface area contributed by atoms with Gasteiger partial charge in [-0.25, -0.2) is 0 Å². The maximum absolute atomic E-state index is 10.2. The zero-order valence-electron chi connectivity index (χ0n) is 11.3. The van der Waals surface area contributed by atoms with Crippen LogP contribution < -0.4 is 9.47 Å². The fourth-order valence-corrected chi connectivity index (χ4v) is 2.40. The number of benzene rings is 1. The van der Waals surface area contributed by atoms with Gasteiger partial charge in [0.05, 0.1) is 12.7 Å². The van der Waals surface area contributed by atoms with Crippen molar-refractivity contribution >= 4 is 0 Å². The number of aliphatic hydroxyl groups excluding tert-OH is 1. The third-order valence-corrected chi connectivity index (χ3v) is 3.65. The van der Waals surface area contributed by atoms with E-state index in [-0.39, 0.29) is 11.5 Å². The lowest BCUT2D eigenvalue weighted by atomic mass is 9.89. The van der Waals surface area contributed by atoms with Gasteiger partial charge in [0.2, 0.25) is 0 Å². The average molecular weight is 250 g/mol. The van der Waals surface area contributed by atoms with E-state index in [4.69, 9.17) is 9.47 Å². The van der Waals surface area contributed by atoms with Crippen molar-refractivity contribution in [3.8, 4) is 11.5 Å². The lowest BCUT2D eigenvalue weighted by Crippen LogP contribution is -2.34. The molecule has 0 aromatic heterocycles. The zero-order chi connectivity index (χ0) is 13.2. The largest absolute Gasteiger partial charge is 0.494 e. The first kappa shape index (κ1) is 13.2. The summed E-state index contributed by atoms with van der Waals surface area (Å²) in [5.74, 6) is 1.64. The molecule has 1 aliphatic rings. The fraction of sp³-hybridized carbons (Fsp3) is 0.600. The van der Waals surface area contributed by atoms with Crippen LogP contribution in [-0.4, -0.2) is 23.9 Å². The van der Waals surface area contributed by atoms with Crippen LogP contribution in [0.5, 0.6) is 11.5 Å². The molecule has 100 valence electrons. The Morgan fingerprint density at radius 2 is 1.83 bits per heavy atom. The van der Waals surface area contributed by atoms with Gasteiger partial charge in [0.25, 0.3) is 0 Å². The molecule has 3 heteroatoms. The van der Waals surface area contributed by atoms with Gasteiger partial charge in [-0.05, 0) is 49.4 Å². The summed E-state index contributed by atoms with van der Waals surface area (Å²) in [7, 11) is 0. The van der Waals surface area contributed by atoms with E-state index in [9.17, 15) is 5.11 Å². The third-order valence-electron chi connectivity index (χ3n) is 3.65. The Balaban J connectivity index is 1.98. The number of aliphatic hydroxyl groups is 1. The molecule has 1 aromatic rings. The Morgan fingerprint density at radius 3 is 2.33 bits per heavy atom. The van der Waals surface area contributed by atoms with E-state index in [2.05, 4.69) is 13.8 Å². The molecular weight excluding hydrogens is 228 g/mol. The van der Waals surface area contributed by atoms with E-state index in [1.165, 1.54) is 0 Å². The van der Waals surface area contributed by atoms with Gasteiger partial charge < -0.3 is 14.6 Å². The van der Waals surface area contributed by atoms with Crippen LogP contribution >= 0.6 is 0 Å². The van der Waals surface area contributed by atoms with Crippen molar-refractivity contribution in [1.29, 1.82) is 0 Å². The van der Waals surface area contributed by atoms with Gasteiger partial charge in [0.1, 0.15) is 17.6 Å². The molecule has 0 amide bonds. The van der Waals surface area contributed by atoms with Crippen LogP contribution in [0.25, 0.3) is 0 Å². The molecule has 0 bridgehead atoms. The normalized spacial score (nSPS) is 26.0. The molecule has 0 radical (unpaired) electrons. The van der Waals surface area contributed by atoms with E-state index >= 15 is 0 Å². The van der Waals surface area contributed by atoms with Crippen molar-refractivity contribution in [3.63, 3.8) is 0 Å². The summed E-state index contributed by atoms with van der Waals surface area (Å²) in [6, 6.07) is 7.57. The number of ether oxygens (including phenoxy) is 2. The molecule has 1 saturated carbocycles. The third kappa shape index (κ3) is 2.78. The summed E-state index contributed by atoms with van der Waals surface area (Å²) in [6.07, 6.45) is 1.40. The van der Waals surface area contributed by atoms with Crippen molar-refractivity contribution in [1.82, 2.24) is 0 Å². The summed E-state index contributed by atoms with van der Waals surface area (Å²) in [6.45, 7) is 6.79. The molecule has 0 heterocycles. The smallest absolute Gasteiger partial charge is 0.125 e. The van der Waals surface area contributed by atoms with Crippen LogP contribution in [0.2, 0.25) is 0 Å². The minimum atomic E-state index is -0.399. The SMILES string of the molecule is CCOc1ccc(OC2CCC(C)(C)C2O)cc1. The highest BCUT2D eigenvalue weighted by molar-refractivity contribution is 5.31. The highest BCUT2D eigenvalue weighted by Gasteiger charge is 2.42. The predicted molar refractivity (Wildman–Crippen MR) is 71.0 cm³/mol. The second kappa shape index (κ2) is 5.19. The van der Waals surface area contributed by atoms with Crippen molar-refractivity contribution < 1.29 is 14.6 Å². The Kier molecular flexibility index (Phi) is 3.81. The van der Waals surface area contributed by atoms with Crippen LogP contribution in [0.15, 0.2) is 24.3 Å². The summed E-state index contributed by atoms with van der Waals surface area (Å²) in [5, 5.41) is 10.2. The first-order valence-corrected chi connectivity index (χ1v) is 6.60. The predicted octanol–water partition coefficient (Wildman–Crippen LogP) is 3.01. The van der Waals surface area contributed by atoms with Gasteiger partial charge in [0, 0.05) is 0 Å². The zero-order valence-corrected chi connectivity index (χ0v) is 11.3. The number of rotatable bonds is 4. The molecule has 1 fully saturated rings. The second-order valence-corrected chi connectivity index (χ2v) is 5.53. The topological polar surface area (TPSA) is 38.7 Å². The monoisotopic (exact) mass is 250 g/mol. The summed E-state index contributed by atoms with van der Waals surface area (Å²) in [4.78, 5) is 0. The van der Waals surface area contributed by atoms with Gasteiger partial charge in [-0.1, -0.05) is 13.8 Å². The van der Waals surface area contributed by atoms with Crippen molar-refractivity contribution in [2.45, 2.75) is 45.8 Å². The van der Waals surface area contributed by atoms with Gasteiger partial charge >= 0.3 is 0 Å². The molecule has 0 saturated heterocycles. The van der Waals surface area contributed by atoms with Crippen molar-refractivity contribution in [2.24, 2.45) is 5.41 Å². The van der Waals surface area contributed by atoms with Crippen LogP contribution in [-0.2, 0) is 0 Å². The van der Waals surface area contributed by atoms with E-state index < -0.39 is 6.10 Å². The minimum absolute atomic E-state index is 0.0457. The Hall–Kier alpha value is -1.22. The second-order valence-electron chi connectivity index (χ2n) is 5.53. The first-order chi connectivity index (χ1) is 8.53. The molecule has 0 aliphatic heterocycles. The minimum Gasteiger partial charge on any atom is -0.494 e. The van der Waals surface area contributed by atoms with Crippen LogP contribution in [0.3, 0.4) is 0 Å². The van der Waals surface area contributed by atoms with Gasteiger partial charge in [0.15, 0.2) is 0 Å². The maximum Gasteiger partial charge on any atom is 0.125 e. The van der Waals surface area contributed by atoms with Gasteiger partial charge in [-0.15, -0.1) is 0 Å². The van der Waals surface area contributed by atoms with Gasteiger partial charge in [-0.2, -0.15) is 0 Å². The molecule has 2 unspecified atom stereocenters. The van der Waals surface area contributed by atoms with E-state index in [0.29, 0.717) is 6.61 Å². The number of hydrogen-bond donors (Lipinski definition) is 1. The number of hydrogen-bond acceptors (Lipinski definition) is 3. The molecule has 1 aromatic carbocycles. The first-order valence-electron chi connectivity index (χ1n) is 6.60. The lowest BCUT2D eigenvalue weighted by Gasteiger charge is -2.25. The standard InChI is InChI=1S/C15H22O3/c1-4-17-11-5-7-12(8-6-11)18-13-9-10-15(2,3)14(13)16/h5-8,13-14,16H,4,9-10H2,1-3H3. The lowest BCUT2D eigenvalue weighted by molar-refractivity contribution is 0.00491. The Bertz CT molecular complexity index is 383. The Labute approximate surface area is 109 Å². The van der Waals surface area contributed by atoms with E-state index in [1.54, 1.807) is 0 Å².